The molecule has 6 nitrogen and oxygen atoms in total. The van der Waals surface area contributed by atoms with Gasteiger partial charge < -0.3 is 0 Å². The first kappa shape index (κ1) is 28.9. The second-order valence-electron chi connectivity index (χ2n) is 12.2. The summed E-state index contributed by atoms with van der Waals surface area (Å²) in [5, 5.41) is 22.8. The second-order valence-corrected chi connectivity index (χ2v) is 12.2. The maximum atomic E-state index is 9.41. The number of hydrogen-bond acceptors (Lipinski definition) is 6. The number of hydrogen-bond donors (Lipinski definition) is 0. The van der Waals surface area contributed by atoms with E-state index in [1.54, 1.807) is 12.1 Å². The Hall–Kier alpha value is -7.28. The first-order valence-electron chi connectivity index (χ1n) is 16.2. The van der Waals surface area contributed by atoms with Gasteiger partial charge in [-0.25, -0.2) is 19.9 Å². The summed E-state index contributed by atoms with van der Waals surface area (Å²) in [5.41, 5.74) is 11.4. The largest absolute Gasteiger partial charge is 0.245 e. The summed E-state index contributed by atoms with van der Waals surface area (Å²) >= 11 is 0. The lowest BCUT2D eigenvalue weighted by Gasteiger charge is -2.10. The van der Waals surface area contributed by atoms with Gasteiger partial charge >= 0.3 is 0 Å². The van der Waals surface area contributed by atoms with E-state index < -0.39 is 0 Å². The third-order valence-corrected chi connectivity index (χ3v) is 9.07. The predicted molar refractivity (Wildman–Crippen MR) is 199 cm³/mol. The van der Waals surface area contributed by atoms with Crippen LogP contribution in [-0.2, 0) is 0 Å². The lowest BCUT2D eigenvalue weighted by atomic mass is 10.0. The molecule has 0 atom stereocenters. The van der Waals surface area contributed by atoms with E-state index in [-0.39, 0.29) is 0 Å². The van der Waals surface area contributed by atoms with E-state index in [2.05, 4.69) is 78.9 Å². The Balaban J connectivity index is 1.13. The minimum absolute atomic E-state index is 0.597. The molecule has 0 bridgehead atoms. The lowest BCUT2D eigenvalue weighted by Crippen LogP contribution is -1.92. The third-order valence-electron chi connectivity index (χ3n) is 9.07. The molecule has 0 aliphatic rings. The fourth-order valence-electron chi connectivity index (χ4n) is 6.51. The maximum absolute atomic E-state index is 9.41. The van der Waals surface area contributed by atoms with Gasteiger partial charge in [-0.2, -0.15) is 10.5 Å². The zero-order chi connectivity index (χ0) is 33.6. The van der Waals surface area contributed by atoms with Crippen molar-refractivity contribution in [2.24, 2.45) is 0 Å². The van der Waals surface area contributed by atoms with E-state index in [9.17, 15) is 10.5 Å². The third kappa shape index (κ3) is 5.06. The summed E-state index contributed by atoms with van der Waals surface area (Å²) in [5.74, 6) is 0. The molecule has 0 spiro atoms. The van der Waals surface area contributed by atoms with Gasteiger partial charge in [0.1, 0.15) is 0 Å². The van der Waals surface area contributed by atoms with Crippen molar-refractivity contribution in [1.29, 1.82) is 10.5 Å². The molecule has 0 aliphatic heterocycles. The highest BCUT2D eigenvalue weighted by molar-refractivity contribution is 6.05. The minimum Gasteiger partial charge on any atom is -0.245 e. The van der Waals surface area contributed by atoms with Crippen LogP contribution >= 0.6 is 0 Å². The van der Waals surface area contributed by atoms with Crippen molar-refractivity contribution in [3.05, 3.63) is 157 Å². The molecule has 6 heteroatoms. The van der Waals surface area contributed by atoms with Gasteiger partial charge in [-0.1, -0.05) is 91.0 Å². The van der Waals surface area contributed by atoms with Gasteiger partial charge in [0, 0.05) is 43.8 Å². The van der Waals surface area contributed by atoms with Gasteiger partial charge in [0.15, 0.2) is 0 Å². The Morgan fingerprint density at radius 3 is 0.920 bits per heavy atom. The van der Waals surface area contributed by atoms with E-state index in [0.717, 1.165) is 88.6 Å². The molecule has 0 saturated heterocycles. The standard InChI is InChI=1S/C44H24N6/c45-25-27-4-1-6-33(22-27)37-18-14-29-10-12-31-16-20-39(49-43(31)41(29)47-37)35-8-3-9-36(24-35)40-21-17-32-13-11-30-15-19-38(48-42(30)44(32)50-40)34-7-2-5-28(23-34)26-46/h1-24H. The molecule has 4 aromatic heterocycles. The molecule has 50 heavy (non-hydrogen) atoms. The predicted octanol–water partition coefficient (Wildman–Crippen LogP) is 10.3. The second kappa shape index (κ2) is 11.8. The quantitative estimate of drug-likeness (QED) is 0.178. The van der Waals surface area contributed by atoms with Crippen molar-refractivity contribution < 1.29 is 0 Å². The van der Waals surface area contributed by atoms with E-state index in [1.807, 2.05) is 66.7 Å². The zero-order valence-electron chi connectivity index (χ0n) is 26.5. The van der Waals surface area contributed by atoms with Gasteiger partial charge in [-0.05, 0) is 54.6 Å². The molecule has 9 rings (SSSR count). The number of benzene rings is 5. The van der Waals surface area contributed by atoms with Crippen LogP contribution in [0.1, 0.15) is 11.1 Å². The van der Waals surface area contributed by atoms with Gasteiger partial charge in [0.2, 0.25) is 0 Å². The van der Waals surface area contributed by atoms with E-state index in [1.165, 1.54) is 0 Å². The Bertz CT molecular complexity index is 2720. The summed E-state index contributed by atoms with van der Waals surface area (Å²) in [7, 11) is 0. The molecule has 0 aliphatic carbocycles. The SMILES string of the molecule is N#Cc1cccc(-c2ccc3ccc4ccc(-c5cccc(-c6ccc7ccc8ccc(-c9cccc(C#N)c9)nc8c7n6)c5)nc4c3n2)c1. The van der Waals surface area contributed by atoms with Crippen LogP contribution in [0.3, 0.4) is 0 Å². The number of rotatable bonds is 4. The van der Waals surface area contributed by atoms with E-state index in [4.69, 9.17) is 19.9 Å². The molecule has 230 valence electrons. The lowest BCUT2D eigenvalue weighted by molar-refractivity contribution is 1.35. The first-order valence-corrected chi connectivity index (χ1v) is 16.2. The highest BCUT2D eigenvalue weighted by Gasteiger charge is 2.12. The smallest absolute Gasteiger partial charge is 0.0991 e. The number of aromatic nitrogens is 4. The minimum atomic E-state index is 0.597. The van der Waals surface area contributed by atoms with Crippen LogP contribution in [0.2, 0.25) is 0 Å². The van der Waals surface area contributed by atoms with Crippen molar-refractivity contribution in [2.45, 2.75) is 0 Å². The van der Waals surface area contributed by atoms with Crippen LogP contribution in [0, 0.1) is 22.7 Å². The van der Waals surface area contributed by atoms with E-state index in [0.29, 0.717) is 11.1 Å². The first-order chi connectivity index (χ1) is 24.6. The molecule has 0 amide bonds. The van der Waals surface area contributed by atoms with Crippen molar-refractivity contribution >= 4 is 43.6 Å². The summed E-state index contributed by atoms with van der Waals surface area (Å²) < 4.78 is 0. The molecule has 0 fully saturated rings. The average Bonchev–Trinajstić information content (AvgIpc) is 3.20. The molecule has 5 aromatic carbocycles. The molecule has 0 N–H and O–H groups in total. The molecule has 0 unspecified atom stereocenters. The highest BCUT2D eigenvalue weighted by atomic mass is 14.8. The molecular formula is C44H24N6. The fourth-order valence-corrected chi connectivity index (χ4v) is 6.51. The number of nitrogens with zero attached hydrogens (tertiary/aromatic N) is 6. The fraction of sp³-hybridized carbons (Fsp3) is 0. The molecule has 0 saturated carbocycles. The van der Waals surface area contributed by atoms with Crippen molar-refractivity contribution in [3.63, 3.8) is 0 Å². The number of nitriles is 2. The van der Waals surface area contributed by atoms with Crippen LogP contribution in [0.25, 0.3) is 88.6 Å². The van der Waals surface area contributed by atoms with Crippen LogP contribution in [0.15, 0.2) is 146 Å². The normalized spacial score (nSPS) is 11.2. The Morgan fingerprint density at radius 1 is 0.320 bits per heavy atom. The van der Waals surface area contributed by atoms with Crippen molar-refractivity contribution in [2.75, 3.05) is 0 Å². The highest BCUT2D eigenvalue weighted by Crippen LogP contribution is 2.32. The molecule has 4 heterocycles. The molecule has 9 aromatic rings. The Morgan fingerprint density at radius 2 is 0.600 bits per heavy atom. The monoisotopic (exact) mass is 636 g/mol. The summed E-state index contributed by atoms with van der Waals surface area (Å²) in [6, 6.07) is 52.4. The number of fused-ring (bicyclic) bond motifs is 6. The van der Waals surface area contributed by atoms with Crippen molar-refractivity contribution in [1.82, 2.24) is 19.9 Å². The van der Waals surface area contributed by atoms with Crippen LogP contribution in [0.5, 0.6) is 0 Å². The van der Waals surface area contributed by atoms with Crippen LogP contribution < -0.4 is 0 Å². The summed E-state index contributed by atoms with van der Waals surface area (Å²) in [4.78, 5) is 20.4. The Kier molecular flexibility index (Phi) is 6.79. The molecule has 0 radical (unpaired) electrons. The van der Waals surface area contributed by atoms with Gasteiger partial charge in [-0.15, -0.1) is 0 Å². The summed E-state index contributed by atoms with van der Waals surface area (Å²) in [6.07, 6.45) is 0. The topological polar surface area (TPSA) is 99.1 Å². The molecular weight excluding hydrogens is 613 g/mol. The maximum Gasteiger partial charge on any atom is 0.0991 e. The average molecular weight is 637 g/mol. The Labute approximate surface area is 287 Å². The van der Waals surface area contributed by atoms with Gasteiger partial charge in [0.25, 0.3) is 0 Å². The van der Waals surface area contributed by atoms with Crippen molar-refractivity contribution in [3.8, 4) is 57.2 Å². The van der Waals surface area contributed by atoms with Crippen LogP contribution in [0.4, 0.5) is 0 Å². The number of pyridine rings is 4. The van der Waals surface area contributed by atoms with Gasteiger partial charge in [-0.3, -0.25) is 0 Å². The van der Waals surface area contributed by atoms with Crippen LogP contribution in [-0.4, -0.2) is 19.9 Å². The summed E-state index contributed by atoms with van der Waals surface area (Å²) in [6.45, 7) is 0. The van der Waals surface area contributed by atoms with E-state index >= 15 is 0 Å². The van der Waals surface area contributed by atoms with Gasteiger partial charge in [0.05, 0.1) is 68.1 Å². The zero-order valence-corrected chi connectivity index (χ0v) is 26.5.